The molecule has 2 rings (SSSR count). The standard InChI is InChI=1S/C15H23F3N4OS.HI/c1-3-19-14(22-6-5-11(8-22)9-23-4-2)20-7-13-21-12(10-24-13)15(16,17)18;/h10-11H,3-9H2,1-2H3,(H,19,20);1H. The number of guanidine groups is 1. The molecule has 1 N–H and O–H groups in total. The van der Waals surface area contributed by atoms with Gasteiger partial charge in [-0.1, -0.05) is 0 Å². The first-order valence-corrected chi connectivity index (χ1v) is 8.94. The molecule has 0 amide bonds. The van der Waals surface area contributed by atoms with Gasteiger partial charge in [0.2, 0.25) is 0 Å². The molecule has 1 aromatic heterocycles. The highest BCUT2D eigenvalue weighted by Crippen LogP contribution is 2.30. The van der Waals surface area contributed by atoms with E-state index in [-0.39, 0.29) is 30.5 Å². The van der Waals surface area contributed by atoms with E-state index in [1.807, 2.05) is 13.8 Å². The van der Waals surface area contributed by atoms with Crippen molar-refractivity contribution < 1.29 is 17.9 Å². The number of nitrogens with one attached hydrogen (secondary N) is 1. The Bertz CT molecular complexity index is 553. The van der Waals surface area contributed by atoms with E-state index < -0.39 is 11.9 Å². The van der Waals surface area contributed by atoms with E-state index in [0.29, 0.717) is 24.1 Å². The number of halogens is 4. The van der Waals surface area contributed by atoms with Crippen LogP contribution in [0.4, 0.5) is 13.2 Å². The lowest BCUT2D eigenvalue weighted by Crippen LogP contribution is -2.40. The minimum atomic E-state index is -4.40. The van der Waals surface area contributed by atoms with Gasteiger partial charge in [-0.05, 0) is 20.3 Å². The van der Waals surface area contributed by atoms with E-state index in [2.05, 4.69) is 20.2 Å². The second kappa shape index (κ2) is 10.5. The maximum Gasteiger partial charge on any atom is 0.434 e. The van der Waals surface area contributed by atoms with Crippen LogP contribution >= 0.6 is 35.3 Å². The number of thiazole rings is 1. The third kappa shape index (κ3) is 6.89. The molecule has 10 heteroatoms. The second-order valence-electron chi connectivity index (χ2n) is 5.55. The Hall–Kier alpha value is -0.620. The highest BCUT2D eigenvalue weighted by Gasteiger charge is 2.33. The fourth-order valence-corrected chi connectivity index (χ4v) is 3.25. The lowest BCUT2D eigenvalue weighted by Gasteiger charge is -2.21. The van der Waals surface area contributed by atoms with Gasteiger partial charge in [0.05, 0.1) is 13.2 Å². The van der Waals surface area contributed by atoms with Gasteiger partial charge in [-0.25, -0.2) is 9.98 Å². The van der Waals surface area contributed by atoms with Crippen LogP contribution < -0.4 is 5.32 Å². The lowest BCUT2D eigenvalue weighted by molar-refractivity contribution is -0.140. The summed E-state index contributed by atoms with van der Waals surface area (Å²) < 4.78 is 43.2. The van der Waals surface area contributed by atoms with Crippen molar-refractivity contribution in [3.63, 3.8) is 0 Å². The Kier molecular flexibility index (Phi) is 9.43. The molecule has 144 valence electrons. The van der Waals surface area contributed by atoms with Gasteiger partial charge >= 0.3 is 6.18 Å². The van der Waals surface area contributed by atoms with Crippen molar-refractivity contribution in [2.45, 2.75) is 33.0 Å². The van der Waals surface area contributed by atoms with Crippen LogP contribution in [0.2, 0.25) is 0 Å². The summed E-state index contributed by atoms with van der Waals surface area (Å²) >= 11 is 0.986. The molecule has 1 aliphatic rings. The van der Waals surface area contributed by atoms with Gasteiger partial charge in [-0.3, -0.25) is 0 Å². The van der Waals surface area contributed by atoms with E-state index in [0.717, 1.165) is 48.8 Å². The van der Waals surface area contributed by atoms with Crippen LogP contribution in [0.3, 0.4) is 0 Å². The highest BCUT2D eigenvalue weighted by atomic mass is 127. The highest BCUT2D eigenvalue weighted by molar-refractivity contribution is 14.0. The molecule has 25 heavy (non-hydrogen) atoms. The third-order valence-corrected chi connectivity index (χ3v) is 4.52. The first-order chi connectivity index (χ1) is 11.4. The summed E-state index contributed by atoms with van der Waals surface area (Å²) in [5, 5.41) is 4.60. The second-order valence-corrected chi connectivity index (χ2v) is 6.50. The number of rotatable bonds is 6. The molecule has 1 fully saturated rings. The molecule has 0 spiro atoms. The number of hydrogen-bond donors (Lipinski definition) is 1. The van der Waals surface area contributed by atoms with Crippen LogP contribution in [-0.4, -0.2) is 48.7 Å². The number of aliphatic imine (C=N–C) groups is 1. The van der Waals surface area contributed by atoms with Gasteiger partial charge in [-0.2, -0.15) is 13.2 Å². The summed E-state index contributed by atoms with van der Waals surface area (Å²) in [6.07, 6.45) is -3.37. The number of nitrogens with zero attached hydrogens (tertiary/aromatic N) is 3. The lowest BCUT2D eigenvalue weighted by atomic mass is 10.1. The van der Waals surface area contributed by atoms with Crippen molar-refractivity contribution in [2.75, 3.05) is 32.8 Å². The van der Waals surface area contributed by atoms with E-state index in [4.69, 9.17) is 4.74 Å². The Labute approximate surface area is 167 Å². The van der Waals surface area contributed by atoms with Gasteiger partial charge in [0.1, 0.15) is 5.01 Å². The molecule has 0 aromatic carbocycles. The van der Waals surface area contributed by atoms with Crippen molar-refractivity contribution in [1.82, 2.24) is 15.2 Å². The third-order valence-electron chi connectivity index (χ3n) is 3.68. The van der Waals surface area contributed by atoms with Crippen LogP contribution in [0.15, 0.2) is 10.4 Å². The molecule has 1 aromatic rings. The van der Waals surface area contributed by atoms with Crippen molar-refractivity contribution in [3.05, 3.63) is 16.1 Å². The molecule has 0 bridgehead atoms. The molecule has 0 aliphatic carbocycles. The summed E-state index contributed by atoms with van der Waals surface area (Å²) in [6.45, 7) is 7.94. The van der Waals surface area contributed by atoms with E-state index in [1.54, 1.807) is 0 Å². The number of hydrogen-bond acceptors (Lipinski definition) is 4. The Balaban J connectivity index is 0.00000312. The van der Waals surface area contributed by atoms with Crippen LogP contribution in [-0.2, 0) is 17.5 Å². The smallest absolute Gasteiger partial charge is 0.381 e. The molecule has 5 nitrogen and oxygen atoms in total. The fraction of sp³-hybridized carbons (Fsp3) is 0.733. The number of ether oxygens (including phenoxy) is 1. The zero-order valence-corrected chi connectivity index (χ0v) is 17.5. The summed E-state index contributed by atoms with van der Waals surface area (Å²) in [6, 6.07) is 0. The van der Waals surface area contributed by atoms with Crippen molar-refractivity contribution >= 4 is 41.3 Å². The van der Waals surface area contributed by atoms with E-state index >= 15 is 0 Å². The minimum Gasteiger partial charge on any atom is -0.381 e. The summed E-state index contributed by atoms with van der Waals surface area (Å²) in [5.41, 5.74) is -0.847. The largest absolute Gasteiger partial charge is 0.434 e. The first-order valence-electron chi connectivity index (χ1n) is 8.06. The van der Waals surface area contributed by atoms with E-state index in [9.17, 15) is 13.2 Å². The first kappa shape index (κ1) is 22.4. The summed E-state index contributed by atoms with van der Waals surface area (Å²) in [5.74, 6) is 1.19. The average Bonchev–Trinajstić information content (AvgIpc) is 3.18. The molecule has 0 saturated carbocycles. The summed E-state index contributed by atoms with van der Waals surface area (Å²) in [4.78, 5) is 10.2. The quantitative estimate of drug-likeness (QED) is 0.375. The molecular formula is C15H24F3IN4OS. The normalized spacial score (nSPS) is 18.4. The maximum atomic E-state index is 12.6. The van der Waals surface area contributed by atoms with Crippen LogP contribution in [0.25, 0.3) is 0 Å². The Morgan fingerprint density at radius 2 is 2.24 bits per heavy atom. The van der Waals surface area contributed by atoms with Crippen LogP contribution in [0.5, 0.6) is 0 Å². The molecule has 0 radical (unpaired) electrons. The number of alkyl halides is 3. The predicted molar refractivity (Wildman–Crippen MR) is 104 cm³/mol. The van der Waals surface area contributed by atoms with Crippen LogP contribution in [0, 0.1) is 5.92 Å². The number of likely N-dealkylation sites (tertiary alicyclic amines) is 1. The van der Waals surface area contributed by atoms with Crippen molar-refractivity contribution in [3.8, 4) is 0 Å². The van der Waals surface area contributed by atoms with Gasteiger partial charge in [-0.15, -0.1) is 35.3 Å². The van der Waals surface area contributed by atoms with Gasteiger partial charge in [0.25, 0.3) is 0 Å². The molecule has 1 atom stereocenters. The fourth-order valence-electron chi connectivity index (χ4n) is 2.53. The van der Waals surface area contributed by atoms with Gasteiger partial charge in [0, 0.05) is 37.5 Å². The van der Waals surface area contributed by atoms with Crippen molar-refractivity contribution in [1.29, 1.82) is 0 Å². The average molecular weight is 492 g/mol. The van der Waals surface area contributed by atoms with Gasteiger partial charge in [0.15, 0.2) is 11.7 Å². The Morgan fingerprint density at radius 1 is 1.48 bits per heavy atom. The maximum absolute atomic E-state index is 12.6. The SMILES string of the molecule is CCNC(=NCc1nc(C(F)(F)F)cs1)N1CCC(COCC)C1.I. The molecule has 2 heterocycles. The molecule has 1 saturated heterocycles. The monoisotopic (exact) mass is 492 g/mol. The molecule has 1 unspecified atom stereocenters. The van der Waals surface area contributed by atoms with Gasteiger partial charge < -0.3 is 15.0 Å². The van der Waals surface area contributed by atoms with E-state index in [1.165, 1.54) is 0 Å². The van der Waals surface area contributed by atoms with Crippen LogP contribution in [0.1, 0.15) is 31.0 Å². The zero-order valence-electron chi connectivity index (χ0n) is 14.3. The predicted octanol–water partition coefficient (Wildman–Crippen LogP) is 3.60. The number of aromatic nitrogens is 1. The molecular weight excluding hydrogens is 468 g/mol. The van der Waals surface area contributed by atoms with Crippen molar-refractivity contribution in [2.24, 2.45) is 10.9 Å². The topological polar surface area (TPSA) is 49.8 Å². The Morgan fingerprint density at radius 3 is 2.84 bits per heavy atom. The minimum absolute atomic E-state index is 0. The summed E-state index contributed by atoms with van der Waals surface area (Å²) in [7, 11) is 0. The zero-order chi connectivity index (χ0) is 17.6. The molecule has 1 aliphatic heterocycles.